The Morgan fingerprint density at radius 2 is 2.08 bits per heavy atom. The molecule has 1 aromatic rings. The van der Waals surface area contributed by atoms with E-state index in [1.165, 1.54) is 4.88 Å². The van der Waals surface area contributed by atoms with Crippen LogP contribution in [-0.2, 0) is 5.60 Å². The Morgan fingerprint density at radius 1 is 1.50 bits per heavy atom. The Hall–Kier alpha value is -0.340. The van der Waals surface area contributed by atoms with Crippen LogP contribution in [0.1, 0.15) is 31.2 Å². The van der Waals surface area contributed by atoms with Gasteiger partial charge in [0.2, 0.25) is 0 Å². The summed E-state index contributed by atoms with van der Waals surface area (Å²) in [4.78, 5) is 1.26. The number of hydrogen-bond donors (Lipinski definition) is 1. The van der Waals surface area contributed by atoms with Crippen molar-refractivity contribution < 1.29 is 5.11 Å². The summed E-state index contributed by atoms with van der Waals surface area (Å²) >= 11 is 1.69. The van der Waals surface area contributed by atoms with Crippen LogP contribution in [0.2, 0.25) is 0 Å². The molecule has 1 N–H and O–H groups in total. The summed E-state index contributed by atoms with van der Waals surface area (Å²) in [6, 6.07) is 2.06. The molecule has 2 heteroatoms. The molecule has 1 rings (SSSR count). The van der Waals surface area contributed by atoms with E-state index >= 15 is 0 Å². The topological polar surface area (TPSA) is 20.2 Å². The molecule has 0 aliphatic heterocycles. The van der Waals surface area contributed by atoms with Crippen LogP contribution in [0, 0.1) is 12.8 Å². The van der Waals surface area contributed by atoms with E-state index in [-0.39, 0.29) is 5.92 Å². The third-order valence-electron chi connectivity index (χ3n) is 2.44. The summed E-state index contributed by atoms with van der Waals surface area (Å²) in [7, 11) is 0. The van der Waals surface area contributed by atoms with Gasteiger partial charge in [0.1, 0.15) is 0 Å². The Balaban J connectivity index is 2.97. The molecule has 0 radical (unpaired) electrons. The van der Waals surface area contributed by atoms with Crippen LogP contribution in [0.15, 0.2) is 11.4 Å². The molecular weight excluding hydrogens is 168 g/mol. The third-order valence-corrected chi connectivity index (χ3v) is 3.30. The Morgan fingerprint density at radius 3 is 2.42 bits per heavy atom. The Bertz CT molecular complexity index is 261. The monoisotopic (exact) mass is 184 g/mol. The normalized spacial score (nSPS) is 16.5. The van der Waals surface area contributed by atoms with Crippen molar-refractivity contribution in [2.45, 2.75) is 33.3 Å². The summed E-state index contributed by atoms with van der Waals surface area (Å²) < 4.78 is 0. The first-order valence-corrected chi connectivity index (χ1v) is 5.10. The maximum Gasteiger partial charge on any atom is 0.0899 e. The molecule has 0 amide bonds. The van der Waals surface area contributed by atoms with Crippen molar-refractivity contribution in [3.63, 3.8) is 0 Å². The highest BCUT2D eigenvalue weighted by atomic mass is 32.1. The molecule has 0 bridgehead atoms. The average molecular weight is 184 g/mol. The van der Waals surface area contributed by atoms with Crippen molar-refractivity contribution in [2.75, 3.05) is 0 Å². The molecule has 68 valence electrons. The van der Waals surface area contributed by atoms with Crippen molar-refractivity contribution in [2.24, 2.45) is 5.92 Å². The lowest BCUT2D eigenvalue weighted by Crippen LogP contribution is -2.27. The first-order chi connectivity index (χ1) is 5.44. The van der Waals surface area contributed by atoms with E-state index in [1.807, 2.05) is 26.2 Å². The van der Waals surface area contributed by atoms with Gasteiger partial charge in [0, 0.05) is 4.88 Å². The highest BCUT2D eigenvalue weighted by Gasteiger charge is 2.27. The zero-order chi connectivity index (χ0) is 9.35. The van der Waals surface area contributed by atoms with Crippen LogP contribution < -0.4 is 0 Å². The van der Waals surface area contributed by atoms with Crippen LogP contribution >= 0.6 is 11.3 Å². The van der Waals surface area contributed by atoms with Crippen LogP contribution in [-0.4, -0.2) is 5.11 Å². The van der Waals surface area contributed by atoms with Gasteiger partial charge in [-0.1, -0.05) is 13.8 Å². The number of aliphatic hydroxyl groups is 1. The SMILES string of the molecule is Cc1cc(C(C)(O)C(C)C)cs1. The van der Waals surface area contributed by atoms with E-state index < -0.39 is 5.60 Å². The first kappa shape index (κ1) is 9.75. The van der Waals surface area contributed by atoms with Crippen LogP contribution in [0.5, 0.6) is 0 Å². The number of thiophene rings is 1. The quantitative estimate of drug-likeness (QED) is 0.749. The fourth-order valence-electron chi connectivity index (χ4n) is 1.04. The van der Waals surface area contributed by atoms with Gasteiger partial charge in [-0.3, -0.25) is 0 Å². The van der Waals surface area contributed by atoms with Gasteiger partial charge >= 0.3 is 0 Å². The number of aryl methyl sites for hydroxylation is 1. The van der Waals surface area contributed by atoms with Gasteiger partial charge in [-0.2, -0.15) is 0 Å². The molecule has 0 saturated carbocycles. The fraction of sp³-hybridized carbons (Fsp3) is 0.600. The van der Waals surface area contributed by atoms with E-state index in [0.29, 0.717) is 0 Å². The lowest BCUT2D eigenvalue weighted by molar-refractivity contribution is 0.00943. The van der Waals surface area contributed by atoms with E-state index in [0.717, 1.165) is 5.56 Å². The second-order valence-electron chi connectivity index (χ2n) is 3.75. The molecule has 0 aromatic carbocycles. The fourth-order valence-corrected chi connectivity index (χ4v) is 1.86. The lowest BCUT2D eigenvalue weighted by atomic mass is 9.87. The maximum absolute atomic E-state index is 10.1. The van der Waals surface area contributed by atoms with Gasteiger partial charge < -0.3 is 5.11 Å². The molecule has 1 unspecified atom stereocenters. The summed E-state index contributed by atoms with van der Waals surface area (Å²) in [5, 5.41) is 12.1. The second-order valence-corrected chi connectivity index (χ2v) is 4.86. The number of hydrogen-bond acceptors (Lipinski definition) is 2. The summed E-state index contributed by atoms with van der Waals surface area (Å²) in [6.07, 6.45) is 0. The second kappa shape index (κ2) is 3.19. The molecule has 1 nitrogen and oxygen atoms in total. The minimum absolute atomic E-state index is 0.256. The summed E-state index contributed by atoms with van der Waals surface area (Å²) in [6.45, 7) is 8.00. The van der Waals surface area contributed by atoms with E-state index in [4.69, 9.17) is 0 Å². The molecule has 0 aliphatic carbocycles. The lowest BCUT2D eigenvalue weighted by Gasteiger charge is -2.26. The molecule has 0 aliphatic rings. The Kier molecular flexibility index (Phi) is 2.59. The van der Waals surface area contributed by atoms with Gasteiger partial charge in [-0.25, -0.2) is 0 Å². The van der Waals surface area contributed by atoms with Crippen molar-refractivity contribution in [1.29, 1.82) is 0 Å². The standard InChI is InChI=1S/C10H16OS/c1-7(2)10(4,11)9-5-8(3)12-6-9/h5-7,11H,1-4H3. The van der Waals surface area contributed by atoms with Gasteiger partial charge in [-0.05, 0) is 36.8 Å². The minimum atomic E-state index is -0.676. The maximum atomic E-state index is 10.1. The van der Waals surface area contributed by atoms with Crippen LogP contribution in [0.25, 0.3) is 0 Å². The predicted molar refractivity (Wildman–Crippen MR) is 53.5 cm³/mol. The number of rotatable bonds is 2. The summed E-state index contributed by atoms with van der Waals surface area (Å²) in [5.41, 5.74) is 0.366. The minimum Gasteiger partial charge on any atom is -0.385 e. The predicted octanol–water partition coefficient (Wildman–Crippen LogP) is 2.92. The zero-order valence-electron chi connectivity index (χ0n) is 8.09. The van der Waals surface area contributed by atoms with Crippen molar-refractivity contribution in [1.82, 2.24) is 0 Å². The molecule has 0 spiro atoms. The largest absolute Gasteiger partial charge is 0.385 e. The first-order valence-electron chi connectivity index (χ1n) is 4.22. The highest BCUT2D eigenvalue weighted by molar-refractivity contribution is 7.10. The van der Waals surface area contributed by atoms with Gasteiger partial charge in [0.25, 0.3) is 0 Å². The van der Waals surface area contributed by atoms with Crippen LogP contribution in [0.3, 0.4) is 0 Å². The van der Waals surface area contributed by atoms with Gasteiger partial charge in [-0.15, -0.1) is 11.3 Å². The molecule has 0 saturated heterocycles. The third kappa shape index (κ3) is 1.70. The Labute approximate surface area is 78.1 Å². The molecule has 1 aromatic heterocycles. The van der Waals surface area contributed by atoms with Crippen molar-refractivity contribution in [3.8, 4) is 0 Å². The molecule has 1 heterocycles. The van der Waals surface area contributed by atoms with Crippen LogP contribution in [0.4, 0.5) is 0 Å². The van der Waals surface area contributed by atoms with Gasteiger partial charge in [0.15, 0.2) is 0 Å². The molecule has 12 heavy (non-hydrogen) atoms. The van der Waals surface area contributed by atoms with E-state index in [1.54, 1.807) is 11.3 Å². The molecule has 0 fully saturated rings. The average Bonchev–Trinajstić information content (AvgIpc) is 2.35. The molecule has 1 atom stereocenters. The van der Waals surface area contributed by atoms with E-state index in [2.05, 4.69) is 13.0 Å². The van der Waals surface area contributed by atoms with Crippen molar-refractivity contribution >= 4 is 11.3 Å². The van der Waals surface area contributed by atoms with Gasteiger partial charge in [0.05, 0.1) is 5.60 Å². The van der Waals surface area contributed by atoms with E-state index in [9.17, 15) is 5.11 Å². The van der Waals surface area contributed by atoms with Crippen molar-refractivity contribution in [3.05, 3.63) is 21.9 Å². The zero-order valence-corrected chi connectivity index (χ0v) is 8.90. The smallest absolute Gasteiger partial charge is 0.0899 e. The molecular formula is C10H16OS. The highest BCUT2D eigenvalue weighted by Crippen LogP contribution is 2.31. The summed E-state index contributed by atoms with van der Waals surface area (Å²) in [5.74, 6) is 0.256.